The highest BCUT2D eigenvalue weighted by molar-refractivity contribution is 5.68. The SMILES string of the molecule is C#CC1[C@H](O)CN1c1nc(N2C[C@@H]3C(CC(=O)O)[C@@H]3C2)c(CC)c(C(F)(F)F)n1. The molecule has 3 fully saturated rings. The smallest absolute Gasteiger partial charge is 0.433 e. The zero-order valence-electron chi connectivity index (χ0n) is 15.7. The van der Waals surface area contributed by atoms with Gasteiger partial charge in [0, 0.05) is 25.1 Å². The van der Waals surface area contributed by atoms with Crippen LogP contribution in [0.3, 0.4) is 0 Å². The third kappa shape index (κ3) is 3.27. The second-order valence-electron chi connectivity index (χ2n) is 7.85. The van der Waals surface area contributed by atoms with Gasteiger partial charge in [-0.15, -0.1) is 6.42 Å². The number of aliphatic hydroxyl groups is 1. The molecule has 156 valence electrons. The fourth-order valence-electron chi connectivity index (χ4n) is 4.63. The van der Waals surface area contributed by atoms with Gasteiger partial charge in [0.05, 0.1) is 6.54 Å². The summed E-state index contributed by atoms with van der Waals surface area (Å²) in [5.41, 5.74) is -0.963. The summed E-state index contributed by atoms with van der Waals surface area (Å²) in [6.45, 7) is 2.65. The number of nitrogens with zero attached hydrogens (tertiary/aromatic N) is 4. The number of aliphatic carboxylic acids is 1. The summed E-state index contributed by atoms with van der Waals surface area (Å²) in [5.74, 6) is 1.99. The number of halogens is 3. The third-order valence-electron chi connectivity index (χ3n) is 6.19. The largest absolute Gasteiger partial charge is 0.481 e. The van der Waals surface area contributed by atoms with Crippen LogP contribution in [0, 0.1) is 30.1 Å². The highest BCUT2D eigenvalue weighted by atomic mass is 19.4. The van der Waals surface area contributed by atoms with Gasteiger partial charge in [0.25, 0.3) is 0 Å². The van der Waals surface area contributed by atoms with Crippen molar-refractivity contribution in [2.24, 2.45) is 17.8 Å². The van der Waals surface area contributed by atoms with Crippen molar-refractivity contribution in [1.82, 2.24) is 9.97 Å². The molecule has 2 aliphatic heterocycles. The van der Waals surface area contributed by atoms with Crippen LogP contribution in [-0.2, 0) is 17.4 Å². The van der Waals surface area contributed by atoms with Gasteiger partial charge in [-0.2, -0.15) is 18.2 Å². The molecule has 10 heteroatoms. The molecule has 2 unspecified atom stereocenters. The Bertz CT molecular complexity index is 873. The topological polar surface area (TPSA) is 89.8 Å². The van der Waals surface area contributed by atoms with Crippen LogP contribution in [0.4, 0.5) is 24.9 Å². The quantitative estimate of drug-likeness (QED) is 0.710. The van der Waals surface area contributed by atoms with E-state index in [1.54, 1.807) is 11.8 Å². The monoisotopic (exact) mass is 410 g/mol. The molecule has 5 atom stereocenters. The van der Waals surface area contributed by atoms with Gasteiger partial charge < -0.3 is 20.0 Å². The molecule has 0 radical (unpaired) electrons. The maximum absolute atomic E-state index is 13.7. The molecular formula is C19H21F3N4O3. The van der Waals surface area contributed by atoms with Crippen molar-refractivity contribution < 1.29 is 28.2 Å². The summed E-state index contributed by atoms with van der Waals surface area (Å²) in [4.78, 5) is 22.3. The van der Waals surface area contributed by atoms with Crippen LogP contribution in [0.5, 0.6) is 0 Å². The van der Waals surface area contributed by atoms with Crippen LogP contribution in [-0.4, -0.2) is 57.9 Å². The fraction of sp³-hybridized carbons (Fsp3) is 0.632. The van der Waals surface area contributed by atoms with E-state index >= 15 is 0 Å². The molecule has 1 aliphatic carbocycles. The number of β-amino-alcohol motifs (C(OH)–C–C–N with tert-alkyl or cyclic N) is 1. The van der Waals surface area contributed by atoms with Gasteiger partial charge in [-0.1, -0.05) is 12.8 Å². The number of piperidine rings is 1. The minimum atomic E-state index is -4.65. The van der Waals surface area contributed by atoms with E-state index in [-0.39, 0.29) is 54.5 Å². The summed E-state index contributed by atoms with van der Waals surface area (Å²) in [7, 11) is 0. The fourth-order valence-corrected chi connectivity index (χ4v) is 4.63. The first-order valence-corrected chi connectivity index (χ1v) is 9.51. The van der Waals surface area contributed by atoms with E-state index in [1.807, 2.05) is 0 Å². The maximum Gasteiger partial charge on any atom is 0.433 e. The molecule has 7 nitrogen and oxygen atoms in total. The number of carboxylic acid groups (broad SMARTS) is 1. The normalized spacial score (nSPS) is 30.6. The van der Waals surface area contributed by atoms with Crippen LogP contribution >= 0.6 is 0 Å². The number of aliphatic hydroxyl groups excluding tert-OH is 1. The van der Waals surface area contributed by atoms with Gasteiger partial charge in [0.2, 0.25) is 5.95 Å². The Morgan fingerprint density at radius 2 is 1.93 bits per heavy atom. The molecule has 3 aliphatic rings. The lowest BCUT2D eigenvalue weighted by molar-refractivity contribution is -0.142. The van der Waals surface area contributed by atoms with Crippen molar-refractivity contribution in [3.8, 4) is 12.3 Å². The highest BCUT2D eigenvalue weighted by Gasteiger charge is 2.57. The molecule has 3 heterocycles. The Morgan fingerprint density at radius 1 is 1.28 bits per heavy atom. The number of terminal acetylenes is 1. The lowest BCUT2D eigenvalue weighted by Crippen LogP contribution is -2.60. The Morgan fingerprint density at radius 3 is 2.41 bits per heavy atom. The molecule has 0 spiro atoms. The Balaban J connectivity index is 1.67. The molecular weight excluding hydrogens is 389 g/mol. The minimum absolute atomic E-state index is 0.0238. The molecule has 1 aromatic heterocycles. The average Bonchev–Trinajstić information content (AvgIpc) is 3.07. The number of rotatable bonds is 5. The van der Waals surface area contributed by atoms with Crippen molar-refractivity contribution in [3.05, 3.63) is 11.3 Å². The van der Waals surface area contributed by atoms with E-state index < -0.39 is 30.0 Å². The van der Waals surface area contributed by atoms with E-state index in [4.69, 9.17) is 11.5 Å². The first kappa shape index (κ1) is 19.8. The number of alkyl halides is 3. The molecule has 0 amide bonds. The predicted octanol–water partition coefficient (Wildman–Crippen LogP) is 1.40. The standard InChI is InChI=1S/C19H21F3N4O3/c1-3-9-16(19(20,21)22)23-18(26-8-14(27)13(26)4-2)24-17(9)25-6-11-10(5-15(28)29)12(11)7-25/h2,10-14,27H,3,5-8H2,1H3,(H,28,29)/t10?,11-,12+,13?,14-/m1/s1. The first-order valence-electron chi connectivity index (χ1n) is 9.51. The van der Waals surface area contributed by atoms with Crippen molar-refractivity contribution in [2.75, 3.05) is 29.4 Å². The zero-order chi connectivity index (χ0) is 21.1. The number of hydrogen-bond donors (Lipinski definition) is 2. The maximum atomic E-state index is 13.7. The van der Waals surface area contributed by atoms with Crippen LogP contribution in [0.2, 0.25) is 0 Å². The second-order valence-corrected chi connectivity index (χ2v) is 7.85. The highest BCUT2D eigenvalue weighted by Crippen LogP contribution is 2.54. The van der Waals surface area contributed by atoms with Gasteiger partial charge in [-0.3, -0.25) is 4.79 Å². The summed E-state index contributed by atoms with van der Waals surface area (Å²) in [6, 6.07) is -0.761. The number of carbonyl (C=O) groups is 1. The summed E-state index contributed by atoms with van der Waals surface area (Å²) >= 11 is 0. The number of hydrogen-bond acceptors (Lipinski definition) is 6. The third-order valence-corrected chi connectivity index (χ3v) is 6.19. The van der Waals surface area contributed by atoms with E-state index in [2.05, 4.69) is 15.9 Å². The average molecular weight is 410 g/mol. The second kappa shape index (κ2) is 6.76. The summed E-state index contributed by atoms with van der Waals surface area (Å²) in [6.07, 6.45) is 0.0943. The lowest BCUT2D eigenvalue weighted by Gasteiger charge is -2.42. The number of anilines is 2. The minimum Gasteiger partial charge on any atom is -0.481 e. The molecule has 1 saturated carbocycles. The molecule has 4 rings (SSSR count). The number of aromatic nitrogens is 2. The Kier molecular flexibility index (Phi) is 4.61. The van der Waals surface area contributed by atoms with Gasteiger partial charge >= 0.3 is 12.1 Å². The van der Waals surface area contributed by atoms with E-state index in [0.29, 0.717) is 13.1 Å². The number of carboxylic acids is 1. The zero-order valence-corrected chi connectivity index (χ0v) is 15.7. The first-order chi connectivity index (χ1) is 13.7. The van der Waals surface area contributed by atoms with E-state index in [0.717, 1.165) is 0 Å². The van der Waals surface area contributed by atoms with Crippen LogP contribution in [0.1, 0.15) is 24.6 Å². The van der Waals surface area contributed by atoms with Crippen molar-refractivity contribution >= 4 is 17.7 Å². The van der Waals surface area contributed by atoms with Gasteiger partial charge in [0.1, 0.15) is 18.0 Å². The van der Waals surface area contributed by atoms with Gasteiger partial charge in [-0.25, -0.2) is 4.98 Å². The summed E-state index contributed by atoms with van der Waals surface area (Å²) in [5, 5.41) is 18.7. The van der Waals surface area contributed by atoms with Gasteiger partial charge in [-0.05, 0) is 24.2 Å². The van der Waals surface area contributed by atoms with Crippen molar-refractivity contribution in [3.63, 3.8) is 0 Å². The Hall–Kier alpha value is -2.54. The summed E-state index contributed by atoms with van der Waals surface area (Å²) < 4.78 is 41.2. The van der Waals surface area contributed by atoms with Crippen molar-refractivity contribution in [2.45, 2.75) is 38.1 Å². The van der Waals surface area contributed by atoms with Gasteiger partial charge in [0.15, 0.2) is 5.69 Å². The van der Waals surface area contributed by atoms with E-state index in [1.165, 1.54) is 4.90 Å². The predicted molar refractivity (Wildman–Crippen MR) is 97.3 cm³/mol. The molecule has 2 saturated heterocycles. The lowest BCUT2D eigenvalue weighted by atomic mass is 10.0. The molecule has 1 aromatic rings. The van der Waals surface area contributed by atoms with E-state index in [9.17, 15) is 23.1 Å². The van der Waals surface area contributed by atoms with Crippen molar-refractivity contribution in [1.29, 1.82) is 0 Å². The molecule has 29 heavy (non-hydrogen) atoms. The molecule has 2 N–H and O–H groups in total. The van der Waals surface area contributed by atoms with Crippen LogP contribution in [0.15, 0.2) is 0 Å². The molecule has 0 bridgehead atoms. The van der Waals surface area contributed by atoms with Crippen LogP contribution < -0.4 is 9.80 Å². The van der Waals surface area contributed by atoms with Crippen LogP contribution in [0.25, 0.3) is 0 Å². The number of fused-ring (bicyclic) bond motifs is 1. The Labute approximate surface area is 165 Å². The molecule has 0 aromatic carbocycles.